The van der Waals surface area contributed by atoms with Gasteiger partial charge < -0.3 is 10.1 Å². The third kappa shape index (κ3) is 3.30. The number of carbonyl (C=O) groups excluding carboxylic acids is 1. The average molecular weight is 347 g/mol. The Morgan fingerprint density at radius 1 is 1.23 bits per heavy atom. The average Bonchev–Trinajstić information content (AvgIpc) is 3.23. The summed E-state index contributed by atoms with van der Waals surface area (Å²) in [4.78, 5) is 21.8. The van der Waals surface area contributed by atoms with Gasteiger partial charge in [-0.3, -0.25) is 9.78 Å². The fourth-order valence-electron chi connectivity index (χ4n) is 3.41. The van der Waals surface area contributed by atoms with E-state index in [0.29, 0.717) is 5.56 Å². The van der Waals surface area contributed by atoms with E-state index in [1.165, 1.54) is 0 Å². The van der Waals surface area contributed by atoms with Gasteiger partial charge in [0.2, 0.25) is 0 Å². The van der Waals surface area contributed by atoms with Gasteiger partial charge in [0, 0.05) is 30.0 Å². The molecule has 2 atom stereocenters. The normalized spacial score (nSPS) is 18.0. The molecule has 3 aromatic rings. The second-order valence-corrected chi connectivity index (χ2v) is 6.62. The number of hydrogen-bond donors (Lipinski definition) is 1. The lowest BCUT2D eigenvalue weighted by molar-refractivity contribution is 0.0713. The van der Waals surface area contributed by atoms with Crippen LogP contribution >= 0.6 is 0 Å². The second-order valence-electron chi connectivity index (χ2n) is 6.62. The van der Waals surface area contributed by atoms with E-state index in [1.807, 2.05) is 49.4 Å². The van der Waals surface area contributed by atoms with E-state index >= 15 is 0 Å². The van der Waals surface area contributed by atoms with Crippen molar-refractivity contribution in [3.8, 4) is 11.3 Å². The molecule has 1 aromatic carbocycles. The van der Waals surface area contributed by atoms with Crippen molar-refractivity contribution in [3.05, 3.63) is 60.4 Å². The Balaban J connectivity index is 1.71. The number of hydrogen-bond acceptors (Lipinski definition) is 4. The zero-order valence-corrected chi connectivity index (χ0v) is 14.7. The number of carbonyl (C=O) groups is 1. The fraction of sp³-hybridized carbons (Fsp3) is 0.286. The van der Waals surface area contributed by atoms with E-state index in [0.717, 1.165) is 41.6 Å². The highest BCUT2D eigenvalue weighted by molar-refractivity contribution is 6.07. The molecule has 26 heavy (non-hydrogen) atoms. The molecule has 1 N–H and O–H groups in total. The highest BCUT2D eigenvalue weighted by Gasteiger charge is 2.25. The Kier molecular flexibility index (Phi) is 4.63. The SMILES string of the molecule is C[C@H](NC(=O)c1cc(-c2ccncc2)nc2ccccc12)[C@@H]1CCCO1. The molecule has 0 radical (unpaired) electrons. The maximum absolute atomic E-state index is 13.0. The molecule has 1 amide bonds. The van der Waals surface area contributed by atoms with Crippen LogP contribution in [0.4, 0.5) is 0 Å². The Morgan fingerprint density at radius 3 is 2.81 bits per heavy atom. The summed E-state index contributed by atoms with van der Waals surface area (Å²) in [5.41, 5.74) is 3.14. The van der Waals surface area contributed by atoms with Crippen LogP contribution in [0.2, 0.25) is 0 Å². The molecule has 0 spiro atoms. The summed E-state index contributed by atoms with van der Waals surface area (Å²) in [5.74, 6) is -0.0955. The number of pyridine rings is 2. The third-order valence-electron chi connectivity index (χ3n) is 4.82. The highest BCUT2D eigenvalue weighted by atomic mass is 16.5. The van der Waals surface area contributed by atoms with Gasteiger partial charge in [0.25, 0.3) is 5.91 Å². The topological polar surface area (TPSA) is 64.1 Å². The number of nitrogens with zero attached hydrogens (tertiary/aromatic N) is 2. The van der Waals surface area contributed by atoms with Crippen molar-refractivity contribution in [2.75, 3.05) is 6.61 Å². The van der Waals surface area contributed by atoms with Crippen LogP contribution < -0.4 is 5.32 Å². The molecular weight excluding hydrogens is 326 g/mol. The molecule has 2 aromatic heterocycles. The molecule has 0 aliphatic carbocycles. The number of rotatable bonds is 4. The maximum Gasteiger partial charge on any atom is 0.252 e. The van der Waals surface area contributed by atoms with Gasteiger partial charge in [-0.25, -0.2) is 4.98 Å². The maximum atomic E-state index is 13.0. The highest BCUT2D eigenvalue weighted by Crippen LogP contribution is 2.25. The predicted molar refractivity (Wildman–Crippen MR) is 101 cm³/mol. The van der Waals surface area contributed by atoms with E-state index in [2.05, 4.69) is 10.3 Å². The first-order valence-electron chi connectivity index (χ1n) is 8.95. The molecule has 5 heteroatoms. The van der Waals surface area contributed by atoms with Crippen molar-refractivity contribution in [2.24, 2.45) is 0 Å². The number of fused-ring (bicyclic) bond motifs is 1. The number of nitrogens with one attached hydrogen (secondary N) is 1. The number of benzene rings is 1. The Labute approximate surface area is 152 Å². The minimum absolute atomic E-state index is 0.0266. The largest absolute Gasteiger partial charge is 0.376 e. The quantitative estimate of drug-likeness (QED) is 0.783. The standard InChI is InChI=1S/C21H21N3O2/c1-14(20-7-4-12-26-20)23-21(25)17-13-19(15-8-10-22-11-9-15)24-18-6-3-2-5-16(17)18/h2-3,5-6,8-11,13-14,20H,4,7,12H2,1H3,(H,23,25)/t14-,20-/m0/s1. The lowest BCUT2D eigenvalue weighted by Crippen LogP contribution is -2.40. The van der Waals surface area contributed by atoms with Gasteiger partial charge in [-0.2, -0.15) is 0 Å². The number of ether oxygens (including phenoxy) is 1. The first-order chi connectivity index (χ1) is 12.7. The lowest BCUT2D eigenvalue weighted by Gasteiger charge is -2.20. The Bertz CT molecular complexity index is 921. The van der Waals surface area contributed by atoms with Crippen molar-refractivity contribution < 1.29 is 9.53 Å². The molecule has 0 saturated carbocycles. The van der Waals surface area contributed by atoms with Gasteiger partial charge in [-0.05, 0) is 44.0 Å². The van der Waals surface area contributed by atoms with E-state index in [-0.39, 0.29) is 18.1 Å². The van der Waals surface area contributed by atoms with E-state index in [4.69, 9.17) is 9.72 Å². The van der Waals surface area contributed by atoms with Crippen molar-refractivity contribution in [3.63, 3.8) is 0 Å². The molecule has 1 saturated heterocycles. The Morgan fingerprint density at radius 2 is 2.04 bits per heavy atom. The molecule has 1 aliphatic rings. The van der Waals surface area contributed by atoms with Crippen LogP contribution in [0.1, 0.15) is 30.1 Å². The monoisotopic (exact) mass is 347 g/mol. The van der Waals surface area contributed by atoms with Gasteiger partial charge >= 0.3 is 0 Å². The summed E-state index contributed by atoms with van der Waals surface area (Å²) in [6, 6.07) is 13.3. The predicted octanol–water partition coefficient (Wildman–Crippen LogP) is 3.59. The minimum Gasteiger partial charge on any atom is -0.376 e. The second kappa shape index (κ2) is 7.22. The van der Waals surface area contributed by atoms with Crippen molar-refractivity contribution in [1.82, 2.24) is 15.3 Å². The van der Waals surface area contributed by atoms with E-state index in [9.17, 15) is 4.79 Å². The smallest absolute Gasteiger partial charge is 0.252 e. The van der Waals surface area contributed by atoms with Crippen LogP contribution in [0, 0.1) is 0 Å². The first kappa shape index (κ1) is 16.7. The third-order valence-corrected chi connectivity index (χ3v) is 4.82. The van der Waals surface area contributed by atoms with Crippen molar-refractivity contribution in [2.45, 2.75) is 31.9 Å². The van der Waals surface area contributed by atoms with Crippen LogP contribution in [0.3, 0.4) is 0 Å². The number of para-hydroxylation sites is 1. The molecule has 1 fully saturated rings. The molecule has 3 heterocycles. The Hall–Kier alpha value is -2.79. The van der Waals surface area contributed by atoms with Crippen LogP contribution in [0.15, 0.2) is 54.9 Å². The van der Waals surface area contributed by atoms with Gasteiger partial charge in [-0.15, -0.1) is 0 Å². The van der Waals surface area contributed by atoms with Crippen LogP contribution in [0.5, 0.6) is 0 Å². The van der Waals surface area contributed by atoms with Gasteiger partial charge in [0.05, 0.1) is 28.9 Å². The fourth-order valence-corrected chi connectivity index (χ4v) is 3.41. The van der Waals surface area contributed by atoms with E-state index in [1.54, 1.807) is 12.4 Å². The first-order valence-corrected chi connectivity index (χ1v) is 8.95. The molecule has 0 unspecified atom stereocenters. The minimum atomic E-state index is -0.0955. The number of amides is 1. The van der Waals surface area contributed by atoms with Gasteiger partial charge in [0.1, 0.15) is 0 Å². The van der Waals surface area contributed by atoms with Crippen LogP contribution in [-0.4, -0.2) is 34.6 Å². The van der Waals surface area contributed by atoms with Crippen molar-refractivity contribution >= 4 is 16.8 Å². The summed E-state index contributed by atoms with van der Waals surface area (Å²) in [7, 11) is 0. The molecule has 4 rings (SSSR count). The summed E-state index contributed by atoms with van der Waals surface area (Å²) >= 11 is 0. The summed E-state index contributed by atoms with van der Waals surface area (Å²) in [6.07, 6.45) is 5.58. The lowest BCUT2D eigenvalue weighted by atomic mass is 10.0. The van der Waals surface area contributed by atoms with Gasteiger partial charge in [0.15, 0.2) is 0 Å². The van der Waals surface area contributed by atoms with Crippen molar-refractivity contribution in [1.29, 1.82) is 0 Å². The number of aromatic nitrogens is 2. The van der Waals surface area contributed by atoms with Crippen LogP contribution in [-0.2, 0) is 4.74 Å². The molecule has 0 bridgehead atoms. The molecule has 5 nitrogen and oxygen atoms in total. The van der Waals surface area contributed by atoms with Crippen LogP contribution in [0.25, 0.3) is 22.2 Å². The molecular formula is C21H21N3O2. The molecule has 1 aliphatic heterocycles. The summed E-state index contributed by atoms with van der Waals surface area (Å²) < 4.78 is 5.70. The zero-order chi connectivity index (χ0) is 17.9. The summed E-state index contributed by atoms with van der Waals surface area (Å²) in [5, 5.41) is 3.95. The summed E-state index contributed by atoms with van der Waals surface area (Å²) in [6.45, 7) is 2.77. The van der Waals surface area contributed by atoms with Gasteiger partial charge in [-0.1, -0.05) is 18.2 Å². The van der Waals surface area contributed by atoms with E-state index < -0.39 is 0 Å². The zero-order valence-electron chi connectivity index (χ0n) is 14.7. The molecule has 132 valence electrons.